The number of hydrogen-bond donors (Lipinski definition) is 1. The Bertz CT molecular complexity index is 920. The minimum atomic E-state index is -0.886. The van der Waals surface area contributed by atoms with E-state index in [4.69, 9.17) is 4.74 Å². The molecule has 1 aromatic heterocycles. The van der Waals surface area contributed by atoms with Crippen LogP contribution >= 0.6 is 11.3 Å². The first-order chi connectivity index (χ1) is 15.2. The number of carbonyl (C=O) groups excluding carboxylic acids is 1. The molecule has 0 saturated heterocycles. The van der Waals surface area contributed by atoms with Gasteiger partial charge in [-0.15, -0.1) is 11.3 Å². The maximum atomic E-state index is 13.5. The molecule has 1 amide bonds. The number of nitrogens with zero attached hydrogens (tertiary/aromatic N) is 2. The molecule has 1 N–H and O–H groups in total. The van der Waals surface area contributed by atoms with E-state index >= 15 is 0 Å². The Morgan fingerprint density at radius 2 is 2.03 bits per heavy atom. The van der Waals surface area contributed by atoms with E-state index in [1.165, 1.54) is 29.9 Å². The number of benzene rings is 1. The summed E-state index contributed by atoms with van der Waals surface area (Å²) in [4.78, 5) is 18.9. The number of fused-ring (bicyclic) bond motifs is 1. The van der Waals surface area contributed by atoms with Gasteiger partial charge in [0.25, 0.3) is 0 Å². The SMILES string of the molecule is CC(N(CC(=O)N1CCc2sccc2C1COc1ccc(F)cc1)CC1CC1)C(C)(C)O. The predicted molar refractivity (Wildman–Crippen MR) is 124 cm³/mol. The number of halogens is 1. The summed E-state index contributed by atoms with van der Waals surface area (Å²) >= 11 is 1.72. The number of carbonyl (C=O) groups is 1. The van der Waals surface area contributed by atoms with Crippen molar-refractivity contribution in [3.05, 3.63) is 52.0 Å². The average Bonchev–Trinajstić information content (AvgIpc) is 3.43. The van der Waals surface area contributed by atoms with Crippen molar-refractivity contribution in [2.24, 2.45) is 5.92 Å². The van der Waals surface area contributed by atoms with Crippen LogP contribution in [0, 0.1) is 11.7 Å². The van der Waals surface area contributed by atoms with Gasteiger partial charge in [-0.3, -0.25) is 9.69 Å². The number of aliphatic hydroxyl groups is 1. The molecule has 0 bridgehead atoms. The summed E-state index contributed by atoms with van der Waals surface area (Å²) in [5.74, 6) is 0.970. The molecule has 4 rings (SSSR count). The maximum Gasteiger partial charge on any atom is 0.237 e. The molecule has 2 atom stereocenters. The maximum absolute atomic E-state index is 13.5. The van der Waals surface area contributed by atoms with Gasteiger partial charge in [-0.2, -0.15) is 0 Å². The van der Waals surface area contributed by atoms with Gasteiger partial charge in [0, 0.05) is 24.0 Å². The number of amides is 1. The lowest BCUT2D eigenvalue weighted by Gasteiger charge is -2.40. The van der Waals surface area contributed by atoms with Crippen LogP contribution in [0.2, 0.25) is 0 Å². The molecule has 1 saturated carbocycles. The monoisotopic (exact) mass is 460 g/mol. The van der Waals surface area contributed by atoms with Crippen molar-refractivity contribution in [3.63, 3.8) is 0 Å². The van der Waals surface area contributed by atoms with E-state index in [9.17, 15) is 14.3 Å². The standard InChI is InChI=1S/C25H33FN2O3S/c1-17(25(2,3)30)27(14-18-4-5-18)15-24(29)28-12-10-23-21(11-13-32-23)22(28)16-31-20-8-6-19(26)7-9-20/h6-9,11,13,17-18,22,30H,4-5,10,12,14-16H2,1-3H3. The van der Waals surface area contributed by atoms with Gasteiger partial charge in [0.1, 0.15) is 18.2 Å². The molecule has 1 aliphatic heterocycles. The molecule has 1 aliphatic carbocycles. The Kier molecular flexibility index (Phi) is 6.89. The third-order valence-corrected chi connectivity index (χ3v) is 7.73. The molecule has 2 aromatic rings. The van der Waals surface area contributed by atoms with E-state index in [1.807, 2.05) is 11.8 Å². The Balaban J connectivity index is 1.50. The molecule has 1 aromatic carbocycles. The molecule has 2 aliphatic rings. The molecule has 1 fully saturated rings. The van der Waals surface area contributed by atoms with Crippen molar-refractivity contribution >= 4 is 17.2 Å². The first kappa shape index (κ1) is 23.2. The third-order valence-electron chi connectivity index (χ3n) is 6.73. The van der Waals surface area contributed by atoms with Gasteiger partial charge in [0.05, 0.1) is 18.2 Å². The minimum Gasteiger partial charge on any atom is -0.491 e. The molecule has 2 unspecified atom stereocenters. The fourth-order valence-corrected chi connectivity index (χ4v) is 5.21. The largest absolute Gasteiger partial charge is 0.491 e. The number of hydrogen-bond acceptors (Lipinski definition) is 5. The number of ether oxygens (including phenoxy) is 1. The average molecular weight is 461 g/mol. The van der Waals surface area contributed by atoms with Crippen molar-refractivity contribution in [3.8, 4) is 5.75 Å². The highest BCUT2D eigenvalue weighted by Gasteiger charge is 2.37. The van der Waals surface area contributed by atoms with Crippen LogP contribution in [0.15, 0.2) is 35.7 Å². The highest BCUT2D eigenvalue weighted by atomic mass is 32.1. The fourth-order valence-electron chi connectivity index (χ4n) is 4.28. The zero-order chi connectivity index (χ0) is 22.9. The zero-order valence-corrected chi connectivity index (χ0v) is 19.9. The van der Waals surface area contributed by atoms with Crippen LogP contribution in [0.4, 0.5) is 4.39 Å². The van der Waals surface area contributed by atoms with Crippen LogP contribution < -0.4 is 4.74 Å². The van der Waals surface area contributed by atoms with Gasteiger partial charge in [-0.1, -0.05) is 0 Å². The van der Waals surface area contributed by atoms with Crippen LogP contribution in [0.25, 0.3) is 0 Å². The normalized spacial score (nSPS) is 19.7. The summed E-state index contributed by atoms with van der Waals surface area (Å²) in [6.07, 6.45) is 3.23. The van der Waals surface area contributed by atoms with Crippen molar-refractivity contribution < 1.29 is 19.0 Å². The van der Waals surface area contributed by atoms with Gasteiger partial charge in [-0.25, -0.2) is 4.39 Å². The van der Waals surface area contributed by atoms with Crippen LogP contribution in [-0.4, -0.2) is 58.7 Å². The summed E-state index contributed by atoms with van der Waals surface area (Å²) < 4.78 is 19.2. The Labute approximate surface area is 193 Å². The van der Waals surface area contributed by atoms with Crippen molar-refractivity contribution in [2.75, 3.05) is 26.2 Å². The molecular formula is C25H33FN2O3S. The van der Waals surface area contributed by atoms with E-state index in [1.54, 1.807) is 37.3 Å². The first-order valence-corrected chi connectivity index (χ1v) is 12.3. The molecule has 0 radical (unpaired) electrons. The van der Waals surface area contributed by atoms with E-state index in [-0.39, 0.29) is 30.4 Å². The van der Waals surface area contributed by atoms with Gasteiger partial charge in [0.2, 0.25) is 5.91 Å². The summed E-state index contributed by atoms with van der Waals surface area (Å²) in [5, 5.41) is 12.7. The molecule has 0 spiro atoms. The Hall–Kier alpha value is -1.96. The van der Waals surface area contributed by atoms with Crippen molar-refractivity contribution in [1.82, 2.24) is 9.80 Å². The molecule has 5 nitrogen and oxygen atoms in total. The number of rotatable bonds is 9. The highest BCUT2D eigenvalue weighted by Crippen LogP contribution is 2.35. The van der Waals surface area contributed by atoms with Crippen LogP contribution in [0.1, 0.15) is 50.1 Å². The molecule has 174 valence electrons. The van der Waals surface area contributed by atoms with Gasteiger partial charge in [-0.05, 0) is 87.2 Å². The Morgan fingerprint density at radius 3 is 2.69 bits per heavy atom. The van der Waals surface area contributed by atoms with Crippen LogP contribution in [0.3, 0.4) is 0 Å². The van der Waals surface area contributed by atoms with E-state index in [0.29, 0.717) is 24.8 Å². The second kappa shape index (κ2) is 9.49. The summed E-state index contributed by atoms with van der Waals surface area (Å²) in [7, 11) is 0. The summed E-state index contributed by atoms with van der Waals surface area (Å²) in [6.45, 7) is 7.71. The van der Waals surface area contributed by atoms with E-state index < -0.39 is 5.60 Å². The lowest BCUT2D eigenvalue weighted by molar-refractivity contribution is -0.138. The topological polar surface area (TPSA) is 53.0 Å². The lowest BCUT2D eigenvalue weighted by atomic mass is 9.98. The molecular weight excluding hydrogens is 427 g/mol. The fraction of sp³-hybridized carbons (Fsp3) is 0.560. The van der Waals surface area contributed by atoms with E-state index in [2.05, 4.69) is 16.3 Å². The third kappa shape index (κ3) is 5.50. The summed E-state index contributed by atoms with van der Waals surface area (Å²) in [6, 6.07) is 7.76. The predicted octanol–water partition coefficient (Wildman–Crippen LogP) is 4.26. The van der Waals surface area contributed by atoms with Gasteiger partial charge in [0.15, 0.2) is 0 Å². The first-order valence-electron chi connectivity index (χ1n) is 11.4. The van der Waals surface area contributed by atoms with Gasteiger partial charge >= 0.3 is 0 Å². The smallest absolute Gasteiger partial charge is 0.237 e. The summed E-state index contributed by atoms with van der Waals surface area (Å²) in [5.41, 5.74) is 0.254. The van der Waals surface area contributed by atoms with Gasteiger partial charge < -0.3 is 14.7 Å². The molecule has 2 heterocycles. The van der Waals surface area contributed by atoms with Crippen molar-refractivity contribution in [1.29, 1.82) is 0 Å². The second-order valence-corrected chi connectivity index (χ2v) is 10.6. The molecule has 32 heavy (non-hydrogen) atoms. The second-order valence-electron chi connectivity index (χ2n) is 9.62. The van der Waals surface area contributed by atoms with E-state index in [0.717, 1.165) is 18.5 Å². The molecule has 7 heteroatoms. The minimum absolute atomic E-state index is 0.0614. The van der Waals surface area contributed by atoms with Crippen LogP contribution in [-0.2, 0) is 11.2 Å². The zero-order valence-electron chi connectivity index (χ0n) is 19.1. The van der Waals surface area contributed by atoms with Crippen LogP contribution in [0.5, 0.6) is 5.75 Å². The highest BCUT2D eigenvalue weighted by molar-refractivity contribution is 7.10. The quantitative estimate of drug-likeness (QED) is 0.608. The Morgan fingerprint density at radius 1 is 1.31 bits per heavy atom. The lowest BCUT2D eigenvalue weighted by Crippen LogP contribution is -2.53. The number of thiophene rings is 1. The van der Waals surface area contributed by atoms with Crippen molar-refractivity contribution in [2.45, 2.75) is 57.7 Å².